The molecule has 38 heavy (non-hydrogen) atoms. The molecule has 1 aromatic heterocycles. The lowest BCUT2D eigenvalue weighted by atomic mass is 10.0. The molecule has 0 aliphatic carbocycles. The van der Waals surface area contributed by atoms with E-state index in [0.717, 1.165) is 42.9 Å². The average molecular weight is 541 g/mol. The number of hydrogen-bond donors (Lipinski definition) is 1. The van der Waals surface area contributed by atoms with E-state index in [1.807, 2.05) is 12.3 Å². The number of carbonyl (C=O) groups is 1. The minimum atomic E-state index is -4.82. The molecule has 0 unspecified atom stereocenters. The molecule has 6 nitrogen and oxygen atoms in total. The van der Waals surface area contributed by atoms with Crippen LogP contribution in [0.2, 0.25) is 0 Å². The molecule has 204 valence electrons. The number of alkyl halides is 6. The van der Waals surface area contributed by atoms with Gasteiger partial charge in [0.2, 0.25) is 0 Å². The molecule has 1 aliphatic heterocycles. The van der Waals surface area contributed by atoms with E-state index in [9.17, 15) is 31.1 Å². The lowest BCUT2D eigenvalue weighted by molar-refractivity contribution is -0.274. The molecule has 2 heterocycles. The Balaban J connectivity index is 1.20. The number of aromatic nitrogens is 1. The van der Waals surface area contributed by atoms with Crippen LogP contribution in [-0.2, 0) is 17.5 Å². The van der Waals surface area contributed by atoms with E-state index < -0.39 is 23.9 Å². The van der Waals surface area contributed by atoms with Gasteiger partial charge in [-0.2, -0.15) is 13.2 Å². The Bertz CT molecular complexity index is 1220. The van der Waals surface area contributed by atoms with Gasteiger partial charge in [-0.3, -0.25) is 9.69 Å². The van der Waals surface area contributed by atoms with Crippen molar-refractivity contribution in [2.24, 2.45) is 0 Å². The molecule has 12 heteroatoms. The second-order valence-corrected chi connectivity index (χ2v) is 8.90. The number of ether oxygens (including phenoxy) is 2. The van der Waals surface area contributed by atoms with E-state index in [1.165, 1.54) is 24.3 Å². The zero-order valence-electron chi connectivity index (χ0n) is 20.1. The van der Waals surface area contributed by atoms with Gasteiger partial charge >= 0.3 is 12.5 Å². The third-order valence-electron chi connectivity index (χ3n) is 6.01. The van der Waals surface area contributed by atoms with Crippen molar-refractivity contribution in [1.29, 1.82) is 0 Å². The van der Waals surface area contributed by atoms with Crippen LogP contribution in [-0.4, -0.2) is 47.5 Å². The van der Waals surface area contributed by atoms with Gasteiger partial charge in [0.15, 0.2) is 6.61 Å². The van der Waals surface area contributed by atoms with Crippen LogP contribution >= 0.6 is 0 Å². The van der Waals surface area contributed by atoms with Crippen LogP contribution in [0.25, 0.3) is 5.69 Å². The number of hydrogen-bond acceptors (Lipinski definition) is 4. The van der Waals surface area contributed by atoms with E-state index in [0.29, 0.717) is 25.1 Å². The molecule has 4 rings (SSSR count). The summed E-state index contributed by atoms with van der Waals surface area (Å²) in [6.45, 7) is 1.78. The highest BCUT2D eigenvalue weighted by Crippen LogP contribution is 2.30. The van der Waals surface area contributed by atoms with Crippen LogP contribution in [0, 0.1) is 0 Å². The van der Waals surface area contributed by atoms with Crippen molar-refractivity contribution in [3.8, 4) is 17.2 Å². The maximum atomic E-state index is 12.8. The fourth-order valence-corrected chi connectivity index (χ4v) is 4.19. The van der Waals surface area contributed by atoms with E-state index in [1.54, 1.807) is 10.8 Å². The second-order valence-electron chi connectivity index (χ2n) is 8.90. The van der Waals surface area contributed by atoms with E-state index in [2.05, 4.69) is 15.0 Å². The molecule has 2 aromatic carbocycles. The number of nitrogens with one attached hydrogen (secondary N) is 1. The Labute approximate surface area is 214 Å². The quantitative estimate of drug-likeness (QED) is 0.380. The summed E-state index contributed by atoms with van der Waals surface area (Å²) >= 11 is 0. The Morgan fingerprint density at radius 2 is 1.63 bits per heavy atom. The van der Waals surface area contributed by atoms with Gasteiger partial charge < -0.3 is 19.4 Å². The number of rotatable bonds is 8. The normalized spacial score (nSPS) is 15.3. The van der Waals surface area contributed by atoms with Crippen LogP contribution in [0.15, 0.2) is 67.0 Å². The molecule has 1 amide bonds. The maximum Gasteiger partial charge on any atom is 0.573 e. The van der Waals surface area contributed by atoms with Gasteiger partial charge in [-0.1, -0.05) is 6.07 Å². The van der Waals surface area contributed by atoms with Crippen LogP contribution in [0.1, 0.15) is 24.0 Å². The molecule has 0 spiro atoms. The van der Waals surface area contributed by atoms with Crippen molar-refractivity contribution >= 4 is 5.91 Å². The van der Waals surface area contributed by atoms with E-state index >= 15 is 0 Å². The summed E-state index contributed by atoms with van der Waals surface area (Å²) in [6.07, 6.45) is -4.10. The molecule has 0 radical (unpaired) electrons. The highest BCUT2D eigenvalue weighted by atomic mass is 19.4. The number of benzene rings is 2. The third-order valence-corrected chi connectivity index (χ3v) is 6.01. The first kappa shape index (κ1) is 27.4. The molecule has 1 fully saturated rings. The van der Waals surface area contributed by atoms with Gasteiger partial charge in [0.1, 0.15) is 11.5 Å². The molecule has 0 atom stereocenters. The van der Waals surface area contributed by atoms with Gasteiger partial charge in [-0.25, -0.2) is 0 Å². The first-order chi connectivity index (χ1) is 17.9. The summed E-state index contributed by atoms with van der Waals surface area (Å²) < 4.78 is 86.3. The fourth-order valence-electron chi connectivity index (χ4n) is 4.19. The van der Waals surface area contributed by atoms with Crippen LogP contribution in [0.3, 0.4) is 0 Å². The van der Waals surface area contributed by atoms with Gasteiger partial charge in [-0.05, 0) is 60.9 Å². The summed E-state index contributed by atoms with van der Waals surface area (Å²) in [4.78, 5) is 14.5. The largest absolute Gasteiger partial charge is 0.573 e. The van der Waals surface area contributed by atoms with Crippen LogP contribution < -0.4 is 14.8 Å². The third kappa shape index (κ3) is 7.91. The molecule has 0 saturated carbocycles. The molecule has 0 bridgehead atoms. The molecule has 1 saturated heterocycles. The van der Waals surface area contributed by atoms with Crippen molar-refractivity contribution in [3.63, 3.8) is 0 Å². The highest BCUT2D eigenvalue weighted by molar-refractivity contribution is 5.77. The van der Waals surface area contributed by atoms with E-state index in [-0.39, 0.29) is 24.3 Å². The van der Waals surface area contributed by atoms with Crippen molar-refractivity contribution < 1.29 is 40.6 Å². The van der Waals surface area contributed by atoms with Crippen LogP contribution in [0.4, 0.5) is 26.3 Å². The molecule has 3 aromatic rings. The predicted molar refractivity (Wildman–Crippen MR) is 126 cm³/mol. The fraction of sp³-hybridized carbons (Fsp3) is 0.346. The molecular formula is C26H25F6N3O3. The van der Waals surface area contributed by atoms with Gasteiger partial charge in [-0.15, -0.1) is 13.2 Å². The first-order valence-corrected chi connectivity index (χ1v) is 11.8. The predicted octanol–water partition coefficient (Wildman–Crippen LogP) is 5.55. The summed E-state index contributed by atoms with van der Waals surface area (Å²) in [5.74, 6) is -0.725. The molecule has 1 aliphatic rings. The summed E-state index contributed by atoms with van der Waals surface area (Å²) in [7, 11) is 0. The Morgan fingerprint density at radius 1 is 0.947 bits per heavy atom. The van der Waals surface area contributed by atoms with Crippen molar-refractivity contribution in [3.05, 3.63) is 78.1 Å². The average Bonchev–Trinajstić information content (AvgIpc) is 3.31. The van der Waals surface area contributed by atoms with Crippen LogP contribution in [0.5, 0.6) is 11.5 Å². The summed E-state index contributed by atoms with van der Waals surface area (Å²) in [5, 5.41) is 2.88. The minimum Gasteiger partial charge on any atom is -0.484 e. The first-order valence-electron chi connectivity index (χ1n) is 11.8. The number of piperidine rings is 1. The Morgan fingerprint density at radius 3 is 2.29 bits per heavy atom. The summed E-state index contributed by atoms with van der Waals surface area (Å²) in [6, 6.07) is 11.8. The van der Waals surface area contributed by atoms with Crippen molar-refractivity contribution in [1.82, 2.24) is 14.8 Å². The number of likely N-dealkylation sites (tertiary alicyclic amines) is 1. The zero-order chi connectivity index (χ0) is 27.3. The second kappa shape index (κ2) is 11.4. The monoisotopic (exact) mass is 541 g/mol. The number of amides is 1. The number of carbonyl (C=O) groups excluding carboxylic acids is 1. The lowest BCUT2D eigenvalue weighted by Crippen LogP contribution is -2.45. The SMILES string of the molecule is O=C(COc1cccc(OC(F)(F)F)c1)NC1CCN(Cc2ccn(-c3ccc(C(F)(F)F)cc3)c2)CC1. The maximum absolute atomic E-state index is 12.8. The topological polar surface area (TPSA) is 55.7 Å². The molecule has 1 N–H and O–H groups in total. The van der Waals surface area contributed by atoms with Gasteiger partial charge in [0.05, 0.1) is 5.56 Å². The smallest absolute Gasteiger partial charge is 0.484 e. The standard InChI is InChI=1S/C26H25F6N3O3/c27-25(28,29)19-4-6-21(7-5-19)35-13-8-18(16-35)15-34-11-9-20(10-12-34)33-24(36)17-37-22-2-1-3-23(14-22)38-26(30,31)32/h1-8,13-14,16,20H,9-12,15,17H2,(H,33,36). The van der Waals surface area contributed by atoms with Gasteiger partial charge in [0.25, 0.3) is 5.91 Å². The Hall–Kier alpha value is -3.67. The summed E-state index contributed by atoms with van der Waals surface area (Å²) in [5.41, 5.74) is 0.949. The lowest BCUT2D eigenvalue weighted by Gasteiger charge is -2.32. The minimum absolute atomic E-state index is 0.0565. The van der Waals surface area contributed by atoms with Gasteiger partial charge in [0, 0.05) is 49.8 Å². The number of halogens is 6. The van der Waals surface area contributed by atoms with Crippen molar-refractivity contribution in [2.75, 3.05) is 19.7 Å². The molecular weight excluding hydrogens is 516 g/mol. The van der Waals surface area contributed by atoms with Crippen molar-refractivity contribution in [2.45, 2.75) is 38.0 Å². The number of nitrogens with zero attached hydrogens (tertiary/aromatic N) is 2. The zero-order valence-corrected chi connectivity index (χ0v) is 20.1. The van der Waals surface area contributed by atoms with E-state index in [4.69, 9.17) is 4.74 Å². The Kier molecular flexibility index (Phi) is 8.20. The highest BCUT2D eigenvalue weighted by Gasteiger charge is 2.31.